The first kappa shape index (κ1) is 18.5. The summed E-state index contributed by atoms with van der Waals surface area (Å²) in [6.45, 7) is 7.25. The first-order valence-electron chi connectivity index (χ1n) is 8.91. The molecule has 0 bridgehead atoms. The average molecular weight is 392 g/mol. The Bertz CT molecular complexity index is 1280. The number of anilines is 1. The first-order valence-corrected chi connectivity index (χ1v) is 8.91. The zero-order valence-corrected chi connectivity index (χ0v) is 16.4. The molecular weight excluding hydrogens is 372 g/mol. The van der Waals surface area contributed by atoms with Gasteiger partial charge in [0.25, 0.3) is 5.91 Å². The summed E-state index contributed by atoms with van der Waals surface area (Å²) >= 11 is 0. The van der Waals surface area contributed by atoms with Crippen LogP contribution in [0.25, 0.3) is 28.4 Å². The van der Waals surface area contributed by atoms with E-state index in [1.165, 1.54) is 6.20 Å². The summed E-state index contributed by atoms with van der Waals surface area (Å²) in [7, 11) is 0. The highest BCUT2D eigenvalue weighted by Gasteiger charge is 2.26. The van der Waals surface area contributed by atoms with Crippen molar-refractivity contribution in [1.82, 2.24) is 19.5 Å². The van der Waals surface area contributed by atoms with Crippen molar-refractivity contribution in [3.63, 3.8) is 0 Å². The van der Waals surface area contributed by atoms with Crippen molar-refractivity contribution in [3.05, 3.63) is 46.5 Å². The number of primary amides is 1. The molecule has 0 aliphatic heterocycles. The molecule has 1 aromatic carbocycles. The predicted molar refractivity (Wildman–Crippen MR) is 108 cm³/mol. The number of aromatic hydroxyl groups is 1. The fourth-order valence-electron chi connectivity index (χ4n) is 3.38. The lowest BCUT2D eigenvalue weighted by Crippen LogP contribution is -2.14. The van der Waals surface area contributed by atoms with E-state index in [2.05, 4.69) is 15.0 Å². The lowest BCUT2D eigenvalue weighted by atomic mass is 10.1. The maximum Gasteiger partial charge on any atom is 0.254 e. The molecule has 148 valence electrons. The maximum atomic E-state index is 12.2. The molecule has 0 saturated carbocycles. The largest absolute Gasteiger partial charge is 0.508 e. The number of benzene rings is 1. The molecule has 3 aromatic heterocycles. The van der Waals surface area contributed by atoms with Crippen LogP contribution in [-0.2, 0) is 0 Å². The molecule has 1 amide bonds. The van der Waals surface area contributed by atoms with E-state index in [0.717, 1.165) is 11.3 Å². The van der Waals surface area contributed by atoms with E-state index >= 15 is 0 Å². The molecule has 29 heavy (non-hydrogen) atoms. The van der Waals surface area contributed by atoms with Crippen LogP contribution in [0.5, 0.6) is 5.75 Å². The van der Waals surface area contributed by atoms with E-state index in [4.69, 9.17) is 15.9 Å². The molecule has 5 N–H and O–H groups in total. The highest BCUT2D eigenvalue weighted by atomic mass is 16.4. The van der Waals surface area contributed by atoms with Crippen molar-refractivity contribution < 1.29 is 14.3 Å². The summed E-state index contributed by atoms with van der Waals surface area (Å²) in [6.07, 6.45) is 1.50. The number of hydrogen-bond acceptors (Lipinski definition) is 7. The topological polar surface area (TPSA) is 146 Å². The molecule has 4 aromatic rings. The minimum Gasteiger partial charge on any atom is -0.508 e. The van der Waals surface area contributed by atoms with Gasteiger partial charge >= 0.3 is 0 Å². The normalized spacial score (nSPS) is 11.3. The van der Waals surface area contributed by atoms with E-state index in [0.29, 0.717) is 34.2 Å². The Labute approximate surface area is 166 Å². The van der Waals surface area contributed by atoms with E-state index in [1.807, 2.05) is 13.8 Å². The lowest BCUT2D eigenvalue weighted by molar-refractivity contribution is 0.100. The van der Waals surface area contributed by atoms with Crippen molar-refractivity contribution in [1.29, 1.82) is 0 Å². The van der Waals surface area contributed by atoms with Gasteiger partial charge in [0.1, 0.15) is 34.1 Å². The lowest BCUT2D eigenvalue weighted by Gasteiger charge is -2.15. The Morgan fingerprint density at radius 3 is 2.52 bits per heavy atom. The Morgan fingerprint density at radius 2 is 1.90 bits per heavy atom. The summed E-state index contributed by atoms with van der Waals surface area (Å²) in [4.78, 5) is 25.5. The summed E-state index contributed by atoms with van der Waals surface area (Å²) in [6, 6.07) is 3.36. The van der Waals surface area contributed by atoms with Crippen LogP contribution in [0.4, 0.5) is 5.82 Å². The van der Waals surface area contributed by atoms with Crippen LogP contribution in [0.3, 0.4) is 0 Å². The second-order valence-corrected chi connectivity index (χ2v) is 6.92. The van der Waals surface area contributed by atoms with Gasteiger partial charge in [0.15, 0.2) is 5.65 Å². The smallest absolute Gasteiger partial charge is 0.254 e. The fourth-order valence-corrected chi connectivity index (χ4v) is 3.38. The highest BCUT2D eigenvalue weighted by Crippen LogP contribution is 2.35. The third-order valence-corrected chi connectivity index (χ3v) is 5.02. The number of rotatable bonds is 3. The van der Waals surface area contributed by atoms with Gasteiger partial charge < -0.3 is 21.0 Å². The number of nitrogens with two attached hydrogens (primary N) is 2. The third kappa shape index (κ3) is 2.70. The van der Waals surface area contributed by atoms with Crippen LogP contribution in [0.2, 0.25) is 0 Å². The number of amides is 1. The van der Waals surface area contributed by atoms with Gasteiger partial charge in [0.05, 0.1) is 17.6 Å². The molecule has 0 atom stereocenters. The van der Waals surface area contributed by atoms with Crippen LogP contribution in [-0.4, -0.2) is 30.5 Å². The van der Waals surface area contributed by atoms with Crippen LogP contribution >= 0.6 is 0 Å². The quantitative estimate of drug-likeness (QED) is 0.486. The van der Waals surface area contributed by atoms with Crippen molar-refractivity contribution in [2.75, 3.05) is 5.73 Å². The molecule has 9 heteroatoms. The summed E-state index contributed by atoms with van der Waals surface area (Å²) < 4.78 is 7.21. The fraction of sp³-hybridized carbons (Fsp3) is 0.200. The second kappa shape index (κ2) is 6.33. The molecule has 0 unspecified atom stereocenters. The van der Waals surface area contributed by atoms with Crippen molar-refractivity contribution >= 4 is 22.9 Å². The van der Waals surface area contributed by atoms with E-state index in [-0.39, 0.29) is 22.6 Å². The zero-order valence-electron chi connectivity index (χ0n) is 16.4. The number of aromatic nitrogens is 4. The van der Waals surface area contributed by atoms with Gasteiger partial charge in [-0.2, -0.15) is 0 Å². The highest BCUT2D eigenvalue weighted by molar-refractivity contribution is 6.09. The Balaban J connectivity index is 2.07. The summed E-state index contributed by atoms with van der Waals surface area (Å²) in [5.41, 5.74) is 15.7. The first-order chi connectivity index (χ1) is 13.7. The molecule has 4 rings (SSSR count). The van der Waals surface area contributed by atoms with Crippen LogP contribution in [0.1, 0.15) is 32.9 Å². The number of aryl methyl sites for hydroxylation is 3. The van der Waals surface area contributed by atoms with Gasteiger partial charge in [-0.05, 0) is 39.3 Å². The number of hydrogen-bond donors (Lipinski definition) is 3. The van der Waals surface area contributed by atoms with Crippen LogP contribution in [0, 0.1) is 27.7 Å². The van der Waals surface area contributed by atoms with Gasteiger partial charge in [0, 0.05) is 5.56 Å². The Hall–Kier alpha value is -3.88. The van der Waals surface area contributed by atoms with Gasteiger partial charge in [0.2, 0.25) is 5.89 Å². The van der Waals surface area contributed by atoms with Gasteiger partial charge in [-0.3, -0.25) is 9.36 Å². The number of nitrogen functional groups attached to an aromatic ring is 1. The molecule has 0 radical (unpaired) electrons. The van der Waals surface area contributed by atoms with Gasteiger partial charge in [-0.15, -0.1) is 0 Å². The number of oxazole rings is 1. The second-order valence-electron chi connectivity index (χ2n) is 6.92. The standard InChI is InChI=1S/C20H20N6O3/c1-8-5-6-13(27)9(2)16(8)26-17(21)14(18(22)28)15-19(26)23-7-12(25-15)20-24-10(3)11(4)29-20/h5-7,27H,21H2,1-4H3,(H2,22,28). The summed E-state index contributed by atoms with van der Waals surface area (Å²) in [5.74, 6) is 0.429. The minimum atomic E-state index is -0.729. The van der Waals surface area contributed by atoms with Crippen LogP contribution in [0.15, 0.2) is 22.7 Å². The summed E-state index contributed by atoms with van der Waals surface area (Å²) in [5, 5.41) is 10.2. The van der Waals surface area contributed by atoms with Crippen LogP contribution < -0.4 is 11.5 Å². The average Bonchev–Trinajstić information content (AvgIpc) is 3.15. The number of phenolic OH excluding ortho intramolecular Hbond substituents is 1. The molecular formula is C20H20N6O3. The minimum absolute atomic E-state index is 0.0523. The monoisotopic (exact) mass is 392 g/mol. The van der Waals surface area contributed by atoms with Gasteiger partial charge in [-0.25, -0.2) is 15.0 Å². The molecule has 0 fully saturated rings. The Morgan fingerprint density at radius 1 is 1.17 bits per heavy atom. The SMILES string of the molecule is Cc1ccc(O)c(C)c1-n1c(N)c(C(N)=O)c2nc(-c3nc(C)c(C)o3)cnc21. The van der Waals surface area contributed by atoms with E-state index in [1.54, 1.807) is 30.5 Å². The molecule has 0 saturated heterocycles. The molecule has 3 heterocycles. The molecule has 0 aliphatic rings. The van der Waals surface area contributed by atoms with Crippen molar-refractivity contribution in [2.24, 2.45) is 5.73 Å². The number of carbonyl (C=O) groups is 1. The zero-order chi connectivity index (χ0) is 21.0. The molecule has 9 nitrogen and oxygen atoms in total. The maximum absolute atomic E-state index is 12.2. The number of phenols is 1. The molecule has 0 aliphatic carbocycles. The van der Waals surface area contributed by atoms with E-state index < -0.39 is 5.91 Å². The van der Waals surface area contributed by atoms with E-state index in [9.17, 15) is 9.90 Å². The van der Waals surface area contributed by atoms with Crippen molar-refractivity contribution in [3.8, 4) is 23.0 Å². The number of carbonyl (C=O) groups excluding carboxylic acids is 1. The predicted octanol–water partition coefficient (Wildman–Crippen LogP) is 2.70. The number of nitrogens with zero attached hydrogens (tertiary/aromatic N) is 4. The number of fused-ring (bicyclic) bond motifs is 1. The molecule has 0 spiro atoms. The Kier molecular flexibility index (Phi) is 4.04. The van der Waals surface area contributed by atoms with Crippen molar-refractivity contribution in [2.45, 2.75) is 27.7 Å². The third-order valence-electron chi connectivity index (χ3n) is 5.02. The van der Waals surface area contributed by atoms with Gasteiger partial charge in [-0.1, -0.05) is 6.07 Å².